The summed E-state index contributed by atoms with van der Waals surface area (Å²) in [4.78, 5) is 12.8. The van der Waals surface area contributed by atoms with Crippen molar-refractivity contribution in [2.24, 2.45) is 5.92 Å². The van der Waals surface area contributed by atoms with Gasteiger partial charge in [0.2, 0.25) is 0 Å². The molecule has 0 spiro atoms. The predicted octanol–water partition coefficient (Wildman–Crippen LogP) is 4.27. The van der Waals surface area contributed by atoms with Crippen LogP contribution in [0.5, 0.6) is 5.75 Å². The second-order valence-electron chi connectivity index (χ2n) is 6.84. The van der Waals surface area contributed by atoms with Crippen molar-refractivity contribution >= 4 is 11.6 Å². The molecular weight excluding hydrogens is 316 g/mol. The fourth-order valence-electron chi connectivity index (χ4n) is 2.68. The molecular formula is C20H28N2O3. The van der Waals surface area contributed by atoms with Crippen molar-refractivity contribution in [3.63, 3.8) is 0 Å². The van der Waals surface area contributed by atoms with E-state index in [2.05, 4.69) is 11.4 Å². The SMILES string of the molecule is CCCOC(C)(C(=O)Nc1ccc(OC(C)CC)cc1C#N)C1CC1. The zero-order chi connectivity index (χ0) is 18.4. The second-order valence-corrected chi connectivity index (χ2v) is 6.84. The van der Waals surface area contributed by atoms with E-state index in [1.165, 1.54) is 0 Å². The first-order valence-corrected chi connectivity index (χ1v) is 9.10. The maximum absolute atomic E-state index is 12.8. The van der Waals surface area contributed by atoms with Crippen molar-refractivity contribution in [1.82, 2.24) is 0 Å². The minimum Gasteiger partial charge on any atom is -0.491 e. The first kappa shape index (κ1) is 19.3. The fourth-order valence-corrected chi connectivity index (χ4v) is 2.68. The molecule has 1 fully saturated rings. The van der Waals surface area contributed by atoms with Crippen molar-refractivity contribution in [3.8, 4) is 11.8 Å². The Kier molecular flexibility index (Phi) is 6.44. The van der Waals surface area contributed by atoms with E-state index in [0.717, 1.165) is 25.7 Å². The molecule has 2 unspecified atom stereocenters. The third-order valence-electron chi connectivity index (χ3n) is 4.69. The first-order valence-electron chi connectivity index (χ1n) is 9.10. The van der Waals surface area contributed by atoms with E-state index in [9.17, 15) is 10.1 Å². The minimum absolute atomic E-state index is 0.0765. The second kappa shape index (κ2) is 8.35. The number of hydrogen-bond acceptors (Lipinski definition) is 4. The quantitative estimate of drug-likeness (QED) is 0.726. The van der Waals surface area contributed by atoms with Gasteiger partial charge in [0.05, 0.1) is 17.4 Å². The van der Waals surface area contributed by atoms with E-state index in [4.69, 9.17) is 9.47 Å². The van der Waals surface area contributed by atoms with Gasteiger partial charge in [-0.25, -0.2) is 0 Å². The van der Waals surface area contributed by atoms with E-state index in [0.29, 0.717) is 23.6 Å². The Labute approximate surface area is 150 Å². The highest BCUT2D eigenvalue weighted by atomic mass is 16.5. The number of hydrogen-bond donors (Lipinski definition) is 1. The Balaban J connectivity index is 2.15. The third kappa shape index (κ3) is 4.73. The van der Waals surface area contributed by atoms with E-state index in [-0.39, 0.29) is 17.9 Å². The summed E-state index contributed by atoms with van der Waals surface area (Å²) in [6.45, 7) is 8.44. The number of amides is 1. The lowest BCUT2D eigenvalue weighted by molar-refractivity contribution is -0.142. The fraction of sp³-hybridized carbons (Fsp3) is 0.600. The first-order chi connectivity index (χ1) is 11.9. The van der Waals surface area contributed by atoms with Gasteiger partial charge in [-0.2, -0.15) is 5.26 Å². The van der Waals surface area contributed by atoms with Crippen LogP contribution in [-0.4, -0.2) is 24.2 Å². The Morgan fingerprint density at radius 2 is 2.16 bits per heavy atom. The van der Waals surface area contributed by atoms with Crippen LogP contribution < -0.4 is 10.1 Å². The molecule has 5 heteroatoms. The molecule has 0 bridgehead atoms. The highest BCUT2D eigenvalue weighted by Gasteiger charge is 2.48. The molecule has 5 nitrogen and oxygen atoms in total. The zero-order valence-electron chi connectivity index (χ0n) is 15.6. The van der Waals surface area contributed by atoms with Crippen molar-refractivity contribution < 1.29 is 14.3 Å². The van der Waals surface area contributed by atoms with Gasteiger partial charge in [0.25, 0.3) is 5.91 Å². The van der Waals surface area contributed by atoms with Gasteiger partial charge < -0.3 is 14.8 Å². The third-order valence-corrected chi connectivity index (χ3v) is 4.69. The lowest BCUT2D eigenvalue weighted by atomic mass is 9.98. The molecule has 0 aliphatic heterocycles. The molecule has 136 valence electrons. The number of carbonyl (C=O) groups is 1. The molecule has 0 radical (unpaired) electrons. The lowest BCUT2D eigenvalue weighted by Crippen LogP contribution is -2.45. The summed E-state index contributed by atoms with van der Waals surface area (Å²) in [6.07, 6.45) is 3.82. The lowest BCUT2D eigenvalue weighted by Gasteiger charge is -2.29. The molecule has 1 aliphatic rings. The molecule has 1 amide bonds. The maximum Gasteiger partial charge on any atom is 0.256 e. The standard InChI is InChI=1S/C20H28N2O3/c1-5-11-24-20(4,16-7-8-16)19(23)22-18-10-9-17(12-15(18)13-21)25-14(3)6-2/h9-10,12,14,16H,5-8,11H2,1-4H3,(H,22,23). The molecule has 0 saturated heterocycles. The zero-order valence-corrected chi connectivity index (χ0v) is 15.6. The number of nitrogens with zero attached hydrogens (tertiary/aromatic N) is 1. The normalized spacial score (nSPS) is 17.2. The summed E-state index contributed by atoms with van der Waals surface area (Å²) in [5.74, 6) is 0.698. The summed E-state index contributed by atoms with van der Waals surface area (Å²) in [5.41, 5.74) is 0.0491. The Morgan fingerprint density at radius 1 is 1.44 bits per heavy atom. The number of anilines is 1. The summed E-state index contributed by atoms with van der Waals surface area (Å²) >= 11 is 0. The molecule has 25 heavy (non-hydrogen) atoms. The van der Waals surface area contributed by atoms with Crippen molar-refractivity contribution in [2.75, 3.05) is 11.9 Å². The average Bonchev–Trinajstić information content (AvgIpc) is 3.46. The number of benzene rings is 1. The van der Waals surface area contributed by atoms with Gasteiger partial charge in [-0.3, -0.25) is 4.79 Å². The Morgan fingerprint density at radius 3 is 2.72 bits per heavy atom. The van der Waals surface area contributed by atoms with Crippen LogP contribution in [0.25, 0.3) is 0 Å². The number of nitriles is 1. The topological polar surface area (TPSA) is 71.3 Å². The van der Waals surface area contributed by atoms with E-state index in [1.807, 2.05) is 27.7 Å². The molecule has 2 rings (SSSR count). The number of ether oxygens (including phenoxy) is 2. The molecule has 1 aromatic carbocycles. The van der Waals surface area contributed by atoms with E-state index < -0.39 is 5.60 Å². The Bertz CT molecular complexity index is 649. The van der Waals surface area contributed by atoms with Crippen LogP contribution >= 0.6 is 0 Å². The van der Waals surface area contributed by atoms with Gasteiger partial charge in [-0.15, -0.1) is 0 Å². The van der Waals surface area contributed by atoms with Crippen molar-refractivity contribution in [1.29, 1.82) is 5.26 Å². The van der Waals surface area contributed by atoms with Crippen molar-refractivity contribution in [3.05, 3.63) is 23.8 Å². The maximum atomic E-state index is 12.8. The van der Waals surface area contributed by atoms with Gasteiger partial charge in [-0.05, 0) is 57.6 Å². The highest BCUT2D eigenvalue weighted by molar-refractivity contribution is 5.98. The van der Waals surface area contributed by atoms with Gasteiger partial charge >= 0.3 is 0 Å². The predicted molar refractivity (Wildman–Crippen MR) is 97.5 cm³/mol. The van der Waals surface area contributed by atoms with Gasteiger partial charge in [0, 0.05) is 12.7 Å². The molecule has 1 aromatic rings. The summed E-state index contributed by atoms with van der Waals surface area (Å²) in [7, 11) is 0. The Hall–Kier alpha value is -2.06. The molecule has 1 saturated carbocycles. The molecule has 0 aromatic heterocycles. The van der Waals surface area contributed by atoms with E-state index >= 15 is 0 Å². The van der Waals surface area contributed by atoms with Crippen LogP contribution in [0.15, 0.2) is 18.2 Å². The van der Waals surface area contributed by atoms with E-state index in [1.54, 1.807) is 18.2 Å². The monoisotopic (exact) mass is 344 g/mol. The van der Waals surface area contributed by atoms with Crippen LogP contribution in [0.3, 0.4) is 0 Å². The van der Waals surface area contributed by atoms with Crippen molar-refractivity contribution in [2.45, 2.75) is 65.1 Å². The number of rotatable bonds is 9. The molecule has 1 aliphatic carbocycles. The van der Waals surface area contributed by atoms with Gasteiger partial charge in [0.1, 0.15) is 17.4 Å². The molecule has 0 heterocycles. The van der Waals surface area contributed by atoms with Gasteiger partial charge in [0.15, 0.2) is 0 Å². The largest absolute Gasteiger partial charge is 0.491 e. The van der Waals surface area contributed by atoms with Gasteiger partial charge in [-0.1, -0.05) is 13.8 Å². The molecule has 2 atom stereocenters. The van der Waals surface area contributed by atoms with Crippen LogP contribution in [0.2, 0.25) is 0 Å². The summed E-state index contributed by atoms with van der Waals surface area (Å²) < 4.78 is 11.6. The smallest absolute Gasteiger partial charge is 0.256 e. The average molecular weight is 344 g/mol. The molecule has 1 N–H and O–H groups in total. The number of carbonyl (C=O) groups excluding carboxylic acids is 1. The highest BCUT2D eigenvalue weighted by Crippen LogP contribution is 2.42. The van der Waals surface area contributed by atoms with Crippen LogP contribution in [0, 0.1) is 17.2 Å². The van der Waals surface area contributed by atoms with Crippen LogP contribution in [0.1, 0.15) is 58.9 Å². The summed E-state index contributed by atoms with van der Waals surface area (Å²) in [6, 6.07) is 7.31. The van der Waals surface area contributed by atoms with Crippen LogP contribution in [-0.2, 0) is 9.53 Å². The number of nitrogens with one attached hydrogen (secondary N) is 1. The summed E-state index contributed by atoms with van der Waals surface area (Å²) in [5, 5.41) is 12.3. The minimum atomic E-state index is -0.839. The van der Waals surface area contributed by atoms with Crippen LogP contribution in [0.4, 0.5) is 5.69 Å².